The minimum atomic E-state index is -0.751. The third-order valence-electron chi connectivity index (χ3n) is 3.11. The van der Waals surface area contributed by atoms with E-state index in [0.29, 0.717) is 19.8 Å². The fourth-order valence-electron chi connectivity index (χ4n) is 2.01. The van der Waals surface area contributed by atoms with Crippen LogP contribution in [0.1, 0.15) is 18.4 Å². The van der Waals surface area contributed by atoms with E-state index in [1.807, 2.05) is 30.3 Å². The Morgan fingerprint density at radius 2 is 2.20 bits per heavy atom. The molecule has 0 aromatic heterocycles. The van der Waals surface area contributed by atoms with Crippen molar-refractivity contribution in [2.75, 3.05) is 19.8 Å². The van der Waals surface area contributed by atoms with Gasteiger partial charge in [0.1, 0.15) is 12.2 Å². The lowest BCUT2D eigenvalue weighted by Crippen LogP contribution is -2.35. The number of rotatable bonds is 8. The van der Waals surface area contributed by atoms with E-state index in [4.69, 9.17) is 14.3 Å². The molecule has 5 heteroatoms. The molecule has 108 valence electrons. The molecule has 1 saturated heterocycles. The third kappa shape index (κ3) is 4.43. The Bertz CT molecular complexity index is 427. The van der Waals surface area contributed by atoms with E-state index in [2.05, 4.69) is 5.16 Å². The zero-order valence-electron chi connectivity index (χ0n) is 11.4. The van der Waals surface area contributed by atoms with Crippen molar-refractivity contribution in [3.8, 4) is 0 Å². The summed E-state index contributed by atoms with van der Waals surface area (Å²) in [5, 5.41) is 3.80. The molecule has 1 aliphatic heterocycles. The fourth-order valence-corrected chi connectivity index (χ4v) is 2.01. The van der Waals surface area contributed by atoms with Crippen LogP contribution in [-0.2, 0) is 25.7 Å². The molecule has 0 spiro atoms. The van der Waals surface area contributed by atoms with Crippen molar-refractivity contribution in [2.45, 2.75) is 25.0 Å². The Balaban J connectivity index is 1.59. The van der Waals surface area contributed by atoms with Gasteiger partial charge in [-0.2, -0.15) is 0 Å². The van der Waals surface area contributed by atoms with Gasteiger partial charge in [-0.15, -0.1) is 0 Å². The lowest BCUT2D eigenvalue weighted by atomic mass is 10.0. The molecule has 1 unspecified atom stereocenters. The molecule has 2 rings (SSSR count). The highest BCUT2D eigenvalue weighted by Crippen LogP contribution is 2.23. The topological polar surface area (TPSA) is 57.1 Å². The predicted octanol–water partition coefficient (Wildman–Crippen LogP) is 1.95. The summed E-state index contributed by atoms with van der Waals surface area (Å²) in [4.78, 5) is 16.1. The number of ether oxygens (including phenoxy) is 2. The molecule has 0 aliphatic carbocycles. The van der Waals surface area contributed by atoms with Crippen LogP contribution in [0.4, 0.5) is 0 Å². The maximum atomic E-state index is 11.0. The maximum Gasteiger partial charge on any atom is 0.154 e. The van der Waals surface area contributed by atoms with Gasteiger partial charge in [0.05, 0.1) is 19.4 Å². The van der Waals surface area contributed by atoms with E-state index in [0.717, 1.165) is 24.7 Å². The van der Waals surface area contributed by atoms with E-state index in [1.54, 1.807) is 0 Å². The molecule has 1 aromatic rings. The summed E-state index contributed by atoms with van der Waals surface area (Å²) in [5.41, 5.74) is 0.309. The molecular weight excluding hydrogens is 258 g/mol. The first-order valence-corrected chi connectivity index (χ1v) is 6.70. The van der Waals surface area contributed by atoms with E-state index in [-0.39, 0.29) is 6.61 Å². The Labute approximate surface area is 118 Å². The minimum Gasteiger partial charge on any atom is -0.391 e. The first-order valence-electron chi connectivity index (χ1n) is 6.70. The number of oxime groups is 1. The van der Waals surface area contributed by atoms with Crippen molar-refractivity contribution in [1.29, 1.82) is 0 Å². The number of carbonyl (C=O) groups excluding carboxylic acids is 1. The zero-order chi connectivity index (χ0) is 14.1. The van der Waals surface area contributed by atoms with Gasteiger partial charge in [0.2, 0.25) is 0 Å². The summed E-state index contributed by atoms with van der Waals surface area (Å²) in [5.74, 6) is 0. The molecule has 0 amide bonds. The van der Waals surface area contributed by atoms with Crippen molar-refractivity contribution in [3.63, 3.8) is 0 Å². The van der Waals surface area contributed by atoms with Gasteiger partial charge in [0.15, 0.2) is 6.29 Å². The zero-order valence-corrected chi connectivity index (χ0v) is 11.4. The van der Waals surface area contributed by atoms with E-state index < -0.39 is 5.60 Å². The van der Waals surface area contributed by atoms with Crippen LogP contribution in [0.3, 0.4) is 0 Å². The normalized spacial score (nSPS) is 22.2. The molecule has 0 radical (unpaired) electrons. The second kappa shape index (κ2) is 7.77. The Morgan fingerprint density at radius 3 is 2.90 bits per heavy atom. The van der Waals surface area contributed by atoms with Crippen LogP contribution in [0, 0.1) is 0 Å². The predicted molar refractivity (Wildman–Crippen MR) is 74.5 cm³/mol. The molecule has 1 fully saturated rings. The monoisotopic (exact) mass is 277 g/mol. The maximum absolute atomic E-state index is 11.0. The Morgan fingerprint density at radius 1 is 1.35 bits per heavy atom. The molecule has 5 nitrogen and oxygen atoms in total. The van der Waals surface area contributed by atoms with Crippen molar-refractivity contribution in [1.82, 2.24) is 0 Å². The van der Waals surface area contributed by atoms with E-state index >= 15 is 0 Å². The van der Waals surface area contributed by atoms with Crippen LogP contribution in [0.5, 0.6) is 0 Å². The van der Waals surface area contributed by atoms with Gasteiger partial charge in [-0.3, -0.25) is 0 Å². The number of hydrogen-bond donors (Lipinski definition) is 0. The Hall–Kier alpha value is -1.72. The summed E-state index contributed by atoms with van der Waals surface area (Å²) in [6.07, 6.45) is 3.99. The van der Waals surface area contributed by atoms with Gasteiger partial charge >= 0.3 is 0 Å². The average Bonchev–Trinajstić information content (AvgIpc) is 2.97. The summed E-state index contributed by atoms with van der Waals surface area (Å²) in [6, 6.07) is 9.79. The molecule has 0 saturated carbocycles. The van der Waals surface area contributed by atoms with Gasteiger partial charge in [-0.05, 0) is 18.4 Å². The lowest BCUT2D eigenvalue weighted by molar-refractivity contribution is -0.132. The van der Waals surface area contributed by atoms with Gasteiger partial charge in [0.25, 0.3) is 0 Å². The number of nitrogens with zero attached hydrogens (tertiary/aromatic N) is 1. The summed E-state index contributed by atoms with van der Waals surface area (Å²) >= 11 is 0. The van der Waals surface area contributed by atoms with Crippen molar-refractivity contribution in [3.05, 3.63) is 35.9 Å². The highest BCUT2D eigenvalue weighted by molar-refractivity contribution is 5.63. The van der Waals surface area contributed by atoms with Crippen LogP contribution >= 0.6 is 0 Å². The summed E-state index contributed by atoms with van der Waals surface area (Å²) in [7, 11) is 0. The van der Waals surface area contributed by atoms with Gasteiger partial charge in [-0.1, -0.05) is 35.5 Å². The molecule has 0 bridgehead atoms. The second-order valence-corrected chi connectivity index (χ2v) is 4.70. The van der Waals surface area contributed by atoms with Crippen LogP contribution in [0.2, 0.25) is 0 Å². The smallest absolute Gasteiger partial charge is 0.154 e. The quantitative estimate of drug-likeness (QED) is 0.315. The standard InChI is InChI=1S/C15H19NO4/c17-12-15(7-4-9-19-15)13-18-10-8-16-20-11-14-5-2-1-3-6-14/h1-3,5-6,8,12H,4,7,9-11,13H2/b16-8+. The van der Waals surface area contributed by atoms with Crippen LogP contribution < -0.4 is 0 Å². The Kier molecular flexibility index (Phi) is 5.70. The minimum absolute atomic E-state index is 0.265. The fraction of sp³-hybridized carbons (Fsp3) is 0.467. The molecule has 1 atom stereocenters. The van der Waals surface area contributed by atoms with E-state index in [9.17, 15) is 4.79 Å². The SMILES string of the molecule is O=CC1(COC/C=N/OCc2ccccc2)CCCO1. The number of hydrogen-bond acceptors (Lipinski definition) is 5. The van der Waals surface area contributed by atoms with Gasteiger partial charge in [0, 0.05) is 6.61 Å². The third-order valence-corrected chi connectivity index (χ3v) is 3.11. The molecular formula is C15H19NO4. The van der Waals surface area contributed by atoms with Crippen molar-refractivity contribution in [2.24, 2.45) is 5.16 Å². The summed E-state index contributed by atoms with van der Waals surface area (Å²) in [6.45, 7) is 1.62. The van der Waals surface area contributed by atoms with Gasteiger partial charge < -0.3 is 19.1 Å². The molecule has 0 N–H and O–H groups in total. The first kappa shape index (κ1) is 14.7. The van der Waals surface area contributed by atoms with E-state index in [1.165, 1.54) is 6.21 Å². The number of carbonyl (C=O) groups is 1. The molecule has 1 aliphatic rings. The highest BCUT2D eigenvalue weighted by atomic mass is 16.6. The van der Waals surface area contributed by atoms with Crippen LogP contribution in [0.25, 0.3) is 0 Å². The first-order chi connectivity index (χ1) is 9.85. The molecule has 1 aromatic carbocycles. The highest BCUT2D eigenvalue weighted by Gasteiger charge is 2.35. The summed E-state index contributed by atoms with van der Waals surface area (Å²) < 4.78 is 10.8. The van der Waals surface area contributed by atoms with Gasteiger partial charge in [-0.25, -0.2) is 0 Å². The van der Waals surface area contributed by atoms with Crippen LogP contribution in [-0.4, -0.2) is 37.9 Å². The number of benzene rings is 1. The van der Waals surface area contributed by atoms with Crippen LogP contribution in [0.15, 0.2) is 35.5 Å². The number of aldehydes is 1. The van der Waals surface area contributed by atoms with Crippen molar-refractivity contribution >= 4 is 12.5 Å². The second-order valence-electron chi connectivity index (χ2n) is 4.70. The van der Waals surface area contributed by atoms with Crippen molar-refractivity contribution < 1.29 is 19.1 Å². The molecule has 20 heavy (non-hydrogen) atoms. The average molecular weight is 277 g/mol. The lowest BCUT2D eigenvalue weighted by Gasteiger charge is -2.20. The largest absolute Gasteiger partial charge is 0.391 e. The molecule has 1 heterocycles.